The zero-order chi connectivity index (χ0) is 10.3. The van der Waals surface area contributed by atoms with Crippen LogP contribution in [0.1, 0.15) is 0 Å². The molecule has 5 nitrogen and oxygen atoms in total. The third-order valence-corrected chi connectivity index (χ3v) is 2.90. The van der Waals surface area contributed by atoms with Gasteiger partial charge in [-0.3, -0.25) is 14.8 Å². The van der Waals surface area contributed by atoms with Gasteiger partial charge in [0.15, 0.2) is 0 Å². The van der Waals surface area contributed by atoms with Crippen LogP contribution >= 0.6 is 15.9 Å². The normalized spacial score (nSPS) is 10.7. The zero-order valence-corrected chi connectivity index (χ0v) is 8.85. The van der Waals surface area contributed by atoms with Gasteiger partial charge in [0.05, 0.1) is 4.92 Å². The lowest BCUT2D eigenvalue weighted by atomic mass is 10.2. The number of halogens is 1. The highest BCUT2D eigenvalue weighted by Crippen LogP contribution is 2.26. The summed E-state index contributed by atoms with van der Waals surface area (Å²) in [6, 6.07) is 4.61. The highest BCUT2D eigenvalue weighted by Gasteiger charge is 2.11. The largest absolute Gasteiger partial charge is 0.271 e. The van der Waals surface area contributed by atoms with Crippen LogP contribution in [-0.2, 0) is 7.05 Å². The number of fused-ring (bicyclic) bond motifs is 1. The number of benzene rings is 1. The first kappa shape index (κ1) is 9.14. The summed E-state index contributed by atoms with van der Waals surface area (Å²) in [5.41, 5.74) is 0.677. The summed E-state index contributed by atoms with van der Waals surface area (Å²) in [5, 5.41) is 15.5. The van der Waals surface area contributed by atoms with Gasteiger partial charge in [-0.2, -0.15) is 5.10 Å². The highest BCUT2D eigenvalue weighted by molar-refractivity contribution is 9.10. The van der Waals surface area contributed by atoms with Crippen LogP contribution in [0.15, 0.2) is 22.8 Å². The van der Waals surface area contributed by atoms with Crippen molar-refractivity contribution in [1.29, 1.82) is 0 Å². The maximum atomic E-state index is 10.5. The van der Waals surface area contributed by atoms with Crippen molar-refractivity contribution in [3.63, 3.8) is 0 Å². The molecule has 0 amide bonds. The van der Waals surface area contributed by atoms with Crippen LogP contribution < -0.4 is 0 Å². The second-order valence-corrected chi connectivity index (χ2v) is 3.62. The maximum absolute atomic E-state index is 10.5. The zero-order valence-electron chi connectivity index (χ0n) is 7.27. The minimum atomic E-state index is -0.429. The molecule has 2 aromatic rings. The maximum Gasteiger partial charge on any atom is 0.271 e. The molecule has 2 rings (SSSR count). The Balaban J connectivity index is 2.73. The number of hydrogen-bond acceptors (Lipinski definition) is 3. The first-order valence-electron chi connectivity index (χ1n) is 3.86. The summed E-state index contributed by atoms with van der Waals surface area (Å²) < 4.78 is 2.45. The molecule has 0 aliphatic carbocycles. The van der Waals surface area contributed by atoms with Crippen LogP contribution in [0.3, 0.4) is 0 Å². The molecule has 0 N–H and O–H groups in total. The number of nitro groups is 1. The SMILES string of the molecule is Cn1nc2cc([N+](=O)[O-])ccc2c1Br. The molecule has 0 unspecified atom stereocenters. The fourth-order valence-corrected chi connectivity index (χ4v) is 1.69. The van der Waals surface area contributed by atoms with E-state index < -0.39 is 4.92 Å². The summed E-state index contributed by atoms with van der Waals surface area (Å²) >= 11 is 3.34. The number of hydrogen-bond donors (Lipinski definition) is 0. The summed E-state index contributed by atoms with van der Waals surface area (Å²) in [7, 11) is 1.77. The van der Waals surface area contributed by atoms with Crippen LogP contribution in [0.4, 0.5) is 5.69 Å². The van der Waals surface area contributed by atoms with Crippen molar-refractivity contribution in [2.24, 2.45) is 7.05 Å². The van der Waals surface area contributed by atoms with Crippen LogP contribution in [0.2, 0.25) is 0 Å². The Kier molecular flexibility index (Phi) is 1.99. The minimum absolute atomic E-state index is 0.0584. The number of nitrogens with zero attached hydrogens (tertiary/aromatic N) is 3. The average Bonchev–Trinajstić information content (AvgIpc) is 2.42. The van der Waals surface area contributed by atoms with Gasteiger partial charge in [0.2, 0.25) is 0 Å². The molecule has 0 atom stereocenters. The van der Waals surface area contributed by atoms with E-state index >= 15 is 0 Å². The molecule has 0 spiro atoms. The van der Waals surface area contributed by atoms with Gasteiger partial charge in [0.1, 0.15) is 10.1 Å². The molecule has 1 aromatic carbocycles. The van der Waals surface area contributed by atoms with E-state index in [1.54, 1.807) is 17.8 Å². The van der Waals surface area contributed by atoms with Crippen molar-refractivity contribution in [3.05, 3.63) is 32.9 Å². The molecule has 0 saturated heterocycles. The average molecular weight is 256 g/mol. The Bertz CT molecular complexity index is 521. The molecule has 0 aliphatic heterocycles. The number of non-ortho nitro benzene ring substituents is 1. The smallest absolute Gasteiger partial charge is 0.260 e. The second kappa shape index (κ2) is 3.06. The van der Waals surface area contributed by atoms with E-state index in [-0.39, 0.29) is 5.69 Å². The molecule has 0 aliphatic rings. The summed E-state index contributed by atoms with van der Waals surface area (Å²) in [4.78, 5) is 10.1. The topological polar surface area (TPSA) is 61.0 Å². The standard InChI is InChI=1S/C8H6BrN3O2/c1-11-8(9)6-3-2-5(12(13)14)4-7(6)10-11/h2-4H,1H3. The molecule has 0 fully saturated rings. The van der Waals surface area contributed by atoms with Crippen LogP contribution in [-0.4, -0.2) is 14.7 Å². The highest BCUT2D eigenvalue weighted by atomic mass is 79.9. The van der Waals surface area contributed by atoms with Gasteiger partial charge in [0, 0.05) is 24.6 Å². The minimum Gasteiger partial charge on any atom is -0.260 e. The van der Waals surface area contributed by atoms with Crippen LogP contribution in [0.5, 0.6) is 0 Å². The first-order valence-corrected chi connectivity index (χ1v) is 4.65. The molecule has 72 valence electrons. The van der Waals surface area contributed by atoms with E-state index in [0.717, 1.165) is 9.99 Å². The molecular formula is C8H6BrN3O2. The summed E-state index contributed by atoms with van der Waals surface area (Å²) in [6.45, 7) is 0. The second-order valence-electron chi connectivity index (χ2n) is 2.87. The Hall–Kier alpha value is -1.43. The predicted octanol–water partition coefficient (Wildman–Crippen LogP) is 2.24. The molecule has 6 heteroatoms. The third-order valence-electron chi connectivity index (χ3n) is 1.96. The lowest BCUT2D eigenvalue weighted by molar-refractivity contribution is -0.384. The van der Waals surface area contributed by atoms with E-state index in [4.69, 9.17) is 0 Å². The number of aromatic nitrogens is 2. The van der Waals surface area contributed by atoms with Crippen LogP contribution in [0, 0.1) is 10.1 Å². The number of aryl methyl sites for hydroxylation is 1. The number of nitro benzene ring substituents is 1. The van der Waals surface area contributed by atoms with Gasteiger partial charge in [-0.25, -0.2) is 0 Å². The van der Waals surface area contributed by atoms with Crippen molar-refractivity contribution < 1.29 is 4.92 Å². The van der Waals surface area contributed by atoms with Gasteiger partial charge in [0.25, 0.3) is 5.69 Å². The Morgan fingerprint density at radius 3 is 2.93 bits per heavy atom. The van der Waals surface area contributed by atoms with Crippen molar-refractivity contribution in [3.8, 4) is 0 Å². The van der Waals surface area contributed by atoms with Gasteiger partial charge >= 0.3 is 0 Å². The Labute approximate surface area is 87.6 Å². The first-order chi connectivity index (χ1) is 6.59. The van der Waals surface area contributed by atoms with Crippen molar-refractivity contribution in [2.75, 3.05) is 0 Å². The lowest BCUT2D eigenvalue weighted by Crippen LogP contribution is -1.88. The molecular weight excluding hydrogens is 250 g/mol. The molecule has 1 heterocycles. The van der Waals surface area contributed by atoms with Crippen molar-refractivity contribution >= 4 is 32.5 Å². The fourth-order valence-electron chi connectivity index (χ4n) is 1.27. The quantitative estimate of drug-likeness (QED) is 0.580. The third kappa shape index (κ3) is 1.27. The van der Waals surface area contributed by atoms with E-state index in [9.17, 15) is 10.1 Å². The van der Waals surface area contributed by atoms with Gasteiger partial charge in [-0.1, -0.05) is 0 Å². The molecule has 0 radical (unpaired) electrons. The van der Waals surface area contributed by atoms with E-state index in [2.05, 4.69) is 21.0 Å². The molecule has 1 aromatic heterocycles. The summed E-state index contributed by atoms with van der Waals surface area (Å²) in [6.07, 6.45) is 0. The van der Waals surface area contributed by atoms with Crippen molar-refractivity contribution in [2.45, 2.75) is 0 Å². The monoisotopic (exact) mass is 255 g/mol. The van der Waals surface area contributed by atoms with Gasteiger partial charge in [-0.15, -0.1) is 0 Å². The molecule has 0 saturated carbocycles. The summed E-state index contributed by atoms with van der Waals surface area (Å²) in [5.74, 6) is 0. The molecule has 0 bridgehead atoms. The van der Waals surface area contributed by atoms with E-state index in [1.165, 1.54) is 12.1 Å². The number of rotatable bonds is 1. The van der Waals surface area contributed by atoms with Gasteiger partial charge < -0.3 is 0 Å². The van der Waals surface area contributed by atoms with Crippen LogP contribution in [0.25, 0.3) is 10.9 Å². The van der Waals surface area contributed by atoms with E-state index in [1.807, 2.05) is 0 Å². The molecule has 14 heavy (non-hydrogen) atoms. The predicted molar refractivity (Wildman–Crippen MR) is 55.1 cm³/mol. The fraction of sp³-hybridized carbons (Fsp3) is 0.125. The van der Waals surface area contributed by atoms with E-state index in [0.29, 0.717) is 5.52 Å². The Morgan fingerprint density at radius 2 is 2.29 bits per heavy atom. The van der Waals surface area contributed by atoms with Crippen molar-refractivity contribution in [1.82, 2.24) is 9.78 Å². The Morgan fingerprint density at radius 1 is 1.57 bits per heavy atom. The lowest BCUT2D eigenvalue weighted by Gasteiger charge is -1.90. The van der Waals surface area contributed by atoms with Gasteiger partial charge in [-0.05, 0) is 22.0 Å².